The zero-order valence-corrected chi connectivity index (χ0v) is 14.9. The summed E-state index contributed by atoms with van der Waals surface area (Å²) in [5.74, 6) is -0.116. The monoisotopic (exact) mass is 348 g/mol. The normalized spacial score (nSPS) is 10.5. The molecule has 6 nitrogen and oxygen atoms in total. The molecule has 1 amide bonds. The van der Waals surface area contributed by atoms with Crippen molar-refractivity contribution >= 4 is 28.3 Å². The van der Waals surface area contributed by atoms with E-state index in [4.69, 9.17) is 9.47 Å². The van der Waals surface area contributed by atoms with Gasteiger partial charge in [-0.25, -0.2) is 9.78 Å². The van der Waals surface area contributed by atoms with Crippen LogP contribution in [0.4, 0.5) is 5.13 Å². The van der Waals surface area contributed by atoms with Crippen molar-refractivity contribution in [1.29, 1.82) is 0 Å². The van der Waals surface area contributed by atoms with E-state index in [1.165, 1.54) is 0 Å². The van der Waals surface area contributed by atoms with Crippen molar-refractivity contribution in [3.8, 4) is 5.75 Å². The number of hydrogen-bond acceptors (Lipinski definition) is 6. The Kier molecular flexibility index (Phi) is 5.92. The quantitative estimate of drug-likeness (QED) is 0.806. The van der Waals surface area contributed by atoms with Crippen LogP contribution in [0.5, 0.6) is 5.75 Å². The first-order valence-electron chi connectivity index (χ1n) is 7.63. The molecule has 1 aromatic heterocycles. The summed E-state index contributed by atoms with van der Waals surface area (Å²) in [4.78, 5) is 28.9. The number of amides is 1. The van der Waals surface area contributed by atoms with Crippen LogP contribution in [0.3, 0.4) is 0 Å². The van der Waals surface area contributed by atoms with Crippen molar-refractivity contribution in [2.75, 3.05) is 11.9 Å². The Hall–Kier alpha value is -2.41. The molecule has 1 aromatic carbocycles. The molecule has 2 rings (SSSR count). The topological polar surface area (TPSA) is 77.5 Å². The summed E-state index contributed by atoms with van der Waals surface area (Å²) in [7, 11) is 0. The number of hydrogen-bond donors (Lipinski definition) is 1. The molecule has 128 valence electrons. The van der Waals surface area contributed by atoms with Crippen molar-refractivity contribution in [3.63, 3.8) is 0 Å². The van der Waals surface area contributed by atoms with Crippen molar-refractivity contribution in [2.24, 2.45) is 0 Å². The van der Waals surface area contributed by atoms with Crippen LogP contribution in [-0.2, 0) is 4.74 Å². The number of rotatable bonds is 6. The molecular formula is C17H20N2O4S. The van der Waals surface area contributed by atoms with Crippen LogP contribution in [0.1, 0.15) is 46.5 Å². The minimum absolute atomic E-state index is 0.210. The van der Waals surface area contributed by atoms with Crippen LogP contribution in [0, 0.1) is 6.92 Å². The molecule has 0 radical (unpaired) electrons. The second-order valence-electron chi connectivity index (χ2n) is 5.30. The Bertz CT molecular complexity index is 740. The first-order chi connectivity index (χ1) is 11.4. The molecule has 0 atom stereocenters. The number of ether oxygens (including phenoxy) is 2. The minimum atomic E-state index is -0.432. The van der Waals surface area contributed by atoms with Gasteiger partial charge in [0.05, 0.1) is 18.4 Å². The average molecular weight is 348 g/mol. The van der Waals surface area contributed by atoms with Gasteiger partial charge in [0, 0.05) is 5.56 Å². The number of thiazole rings is 1. The van der Waals surface area contributed by atoms with Gasteiger partial charge in [-0.15, -0.1) is 0 Å². The number of carbonyl (C=O) groups is 2. The number of esters is 1. The highest BCUT2D eigenvalue weighted by Crippen LogP contribution is 2.24. The first-order valence-corrected chi connectivity index (χ1v) is 8.45. The van der Waals surface area contributed by atoms with Gasteiger partial charge in [0.15, 0.2) is 5.13 Å². The summed E-state index contributed by atoms with van der Waals surface area (Å²) in [6.45, 7) is 7.67. The molecule has 0 aliphatic heterocycles. The lowest BCUT2D eigenvalue weighted by molar-refractivity contribution is 0.0382. The van der Waals surface area contributed by atoms with Gasteiger partial charge < -0.3 is 9.47 Å². The van der Waals surface area contributed by atoms with E-state index < -0.39 is 5.97 Å². The molecule has 7 heteroatoms. The fourth-order valence-electron chi connectivity index (χ4n) is 1.97. The van der Waals surface area contributed by atoms with Gasteiger partial charge in [-0.2, -0.15) is 0 Å². The maximum absolute atomic E-state index is 12.3. The van der Waals surface area contributed by atoms with Crippen LogP contribution in [0.25, 0.3) is 0 Å². The Balaban J connectivity index is 2.12. The number of aromatic nitrogens is 1. The van der Waals surface area contributed by atoms with Gasteiger partial charge >= 0.3 is 5.97 Å². The van der Waals surface area contributed by atoms with Crippen LogP contribution in [0.15, 0.2) is 24.3 Å². The van der Waals surface area contributed by atoms with Gasteiger partial charge in [-0.3, -0.25) is 10.1 Å². The second-order valence-corrected chi connectivity index (χ2v) is 6.30. The van der Waals surface area contributed by atoms with Gasteiger partial charge in [0.25, 0.3) is 5.91 Å². The molecule has 0 spiro atoms. The van der Waals surface area contributed by atoms with E-state index >= 15 is 0 Å². The smallest absolute Gasteiger partial charge is 0.350 e. The highest BCUT2D eigenvalue weighted by atomic mass is 32.1. The minimum Gasteiger partial charge on any atom is -0.494 e. The van der Waals surface area contributed by atoms with E-state index in [0.29, 0.717) is 33.6 Å². The third-order valence-corrected chi connectivity index (χ3v) is 4.01. The maximum Gasteiger partial charge on any atom is 0.350 e. The van der Waals surface area contributed by atoms with Crippen molar-refractivity contribution < 1.29 is 19.1 Å². The van der Waals surface area contributed by atoms with E-state index in [2.05, 4.69) is 10.3 Å². The molecule has 0 aliphatic carbocycles. The standard InChI is InChI=1S/C17H20N2O4S/c1-5-22-13-8-6-7-12(9-13)15(20)19-17-18-11(4)14(24-17)16(21)23-10(2)3/h6-10H,5H2,1-4H3,(H,18,19,20). The average Bonchev–Trinajstić information content (AvgIpc) is 2.88. The number of benzene rings is 1. The second kappa shape index (κ2) is 7.92. The number of anilines is 1. The lowest BCUT2D eigenvalue weighted by atomic mass is 10.2. The summed E-state index contributed by atoms with van der Waals surface area (Å²) >= 11 is 1.10. The highest BCUT2D eigenvalue weighted by molar-refractivity contribution is 7.17. The number of aryl methyl sites for hydroxylation is 1. The summed E-state index contributed by atoms with van der Waals surface area (Å²) < 4.78 is 10.5. The molecule has 24 heavy (non-hydrogen) atoms. The van der Waals surface area contributed by atoms with Gasteiger partial charge in [0.2, 0.25) is 0 Å². The molecule has 0 fully saturated rings. The first kappa shape index (κ1) is 17.9. The summed E-state index contributed by atoms with van der Waals surface area (Å²) in [6.07, 6.45) is -0.210. The largest absolute Gasteiger partial charge is 0.494 e. The molecular weight excluding hydrogens is 328 g/mol. The van der Waals surface area contributed by atoms with E-state index in [9.17, 15) is 9.59 Å². The molecule has 0 saturated heterocycles. The fraction of sp³-hybridized carbons (Fsp3) is 0.353. The zero-order chi connectivity index (χ0) is 17.7. The molecule has 1 N–H and O–H groups in total. The van der Waals surface area contributed by atoms with E-state index in [1.807, 2.05) is 6.92 Å². The van der Waals surface area contributed by atoms with Crippen LogP contribution < -0.4 is 10.1 Å². The van der Waals surface area contributed by atoms with Crippen LogP contribution in [0.2, 0.25) is 0 Å². The number of nitrogens with zero attached hydrogens (tertiary/aromatic N) is 1. The van der Waals surface area contributed by atoms with Crippen molar-refractivity contribution in [1.82, 2.24) is 4.98 Å². The maximum atomic E-state index is 12.3. The third-order valence-electron chi connectivity index (χ3n) is 2.95. The molecule has 0 saturated carbocycles. The Morgan fingerprint density at radius 2 is 2.08 bits per heavy atom. The number of nitrogens with one attached hydrogen (secondary N) is 1. The number of carbonyl (C=O) groups excluding carboxylic acids is 2. The van der Waals surface area contributed by atoms with Crippen molar-refractivity contribution in [2.45, 2.75) is 33.8 Å². The molecule has 2 aromatic rings. The Morgan fingerprint density at radius 1 is 1.33 bits per heavy atom. The fourth-order valence-corrected chi connectivity index (χ4v) is 2.81. The highest BCUT2D eigenvalue weighted by Gasteiger charge is 2.19. The Morgan fingerprint density at radius 3 is 2.75 bits per heavy atom. The van der Waals surface area contributed by atoms with Gasteiger partial charge in [0.1, 0.15) is 10.6 Å². The predicted molar refractivity (Wildman–Crippen MR) is 93.0 cm³/mol. The molecule has 0 aliphatic rings. The predicted octanol–water partition coefficient (Wildman–Crippen LogP) is 3.67. The summed E-state index contributed by atoms with van der Waals surface area (Å²) in [6, 6.07) is 6.88. The van der Waals surface area contributed by atoms with Gasteiger partial charge in [-0.1, -0.05) is 17.4 Å². The lowest BCUT2D eigenvalue weighted by Crippen LogP contribution is -2.11. The SMILES string of the molecule is CCOc1cccc(C(=O)Nc2nc(C)c(C(=O)OC(C)C)s2)c1. The third kappa shape index (κ3) is 4.55. The van der Waals surface area contributed by atoms with E-state index in [0.717, 1.165) is 11.3 Å². The molecule has 0 bridgehead atoms. The molecule has 1 heterocycles. The van der Waals surface area contributed by atoms with Crippen molar-refractivity contribution in [3.05, 3.63) is 40.4 Å². The summed E-state index contributed by atoms with van der Waals surface area (Å²) in [5.41, 5.74) is 0.990. The van der Waals surface area contributed by atoms with Crippen LogP contribution in [-0.4, -0.2) is 29.6 Å². The molecule has 0 unspecified atom stereocenters. The van der Waals surface area contributed by atoms with E-state index in [-0.39, 0.29) is 12.0 Å². The van der Waals surface area contributed by atoms with E-state index in [1.54, 1.807) is 45.0 Å². The Labute approximate surface area is 144 Å². The zero-order valence-electron chi connectivity index (χ0n) is 14.1. The summed E-state index contributed by atoms with van der Waals surface area (Å²) in [5, 5.41) is 3.06. The van der Waals surface area contributed by atoms with Gasteiger partial charge in [-0.05, 0) is 45.9 Å². The van der Waals surface area contributed by atoms with Crippen LogP contribution >= 0.6 is 11.3 Å². The lowest BCUT2D eigenvalue weighted by Gasteiger charge is -2.06.